The Kier molecular flexibility index (Phi) is 7.28. The van der Waals surface area contributed by atoms with E-state index in [1.54, 1.807) is 18.2 Å². The van der Waals surface area contributed by atoms with Crippen molar-refractivity contribution in [3.63, 3.8) is 0 Å². The molecule has 0 aliphatic heterocycles. The molecule has 0 fully saturated rings. The Labute approximate surface area is 127 Å². The number of halogens is 2. The molecule has 0 heterocycles. The molecule has 0 atom stereocenters. The Hall–Kier alpha value is -0.710. The van der Waals surface area contributed by atoms with Crippen molar-refractivity contribution in [1.82, 2.24) is 5.32 Å². The molecule has 0 aliphatic carbocycles. The Morgan fingerprint density at radius 2 is 2.00 bits per heavy atom. The molecule has 1 amide bonds. The molecular formula is C13H16Cl2N2OS. The number of para-hydroxylation sites is 1. The molecule has 1 aromatic rings. The third kappa shape index (κ3) is 5.85. The van der Waals surface area contributed by atoms with Crippen molar-refractivity contribution >= 4 is 51.7 Å². The maximum absolute atomic E-state index is 11.2. The van der Waals surface area contributed by atoms with Crippen LogP contribution in [-0.4, -0.2) is 16.8 Å². The van der Waals surface area contributed by atoms with Crippen molar-refractivity contribution in [3.8, 4) is 0 Å². The lowest BCUT2D eigenvalue weighted by Gasteiger charge is -2.08. The van der Waals surface area contributed by atoms with E-state index in [9.17, 15) is 4.79 Å². The van der Waals surface area contributed by atoms with Gasteiger partial charge in [0.15, 0.2) is 5.17 Å². The van der Waals surface area contributed by atoms with Crippen LogP contribution in [0, 0.1) is 0 Å². The second-order valence-corrected chi connectivity index (χ2v) is 5.77. The van der Waals surface area contributed by atoms with Crippen LogP contribution in [0.15, 0.2) is 23.2 Å². The summed E-state index contributed by atoms with van der Waals surface area (Å²) in [7, 11) is 0. The summed E-state index contributed by atoms with van der Waals surface area (Å²) in [5.41, 5.74) is 0.485. The molecule has 0 bridgehead atoms. The third-order valence-corrected chi connectivity index (χ3v) is 3.74. The number of carbonyl (C=O) groups excluding carboxylic acids is 1. The number of amidine groups is 1. The Bertz CT molecular complexity index is 457. The highest BCUT2D eigenvalue weighted by Gasteiger charge is 2.08. The van der Waals surface area contributed by atoms with Gasteiger partial charge >= 0.3 is 0 Å². The third-order valence-electron chi connectivity index (χ3n) is 2.17. The average Bonchev–Trinajstić information content (AvgIpc) is 2.33. The summed E-state index contributed by atoms with van der Waals surface area (Å²) in [5.74, 6) is 0.725. The molecule has 1 N–H and O–H groups in total. The van der Waals surface area contributed by atoms with Gasteiger partial charge in [-0.1, -0.05) is 54.4 Å². The van der Waals surface area contributed by atoms with Crippen LogP contribution >= 0.6 is 35.0 Å². The summed E-state index contributed by atoms with van der Waals surface area (Å²) in [4.78, 5) is 15.5. The lowest BCUT2D eigenvalue weighted by atomic mass is 10.3. The van der Waals surface area contributed by atoms with Crippen LogP contribution in [0.1, 0.15) is 26.7 Å². The maximum Gasteiger partial charge on any atom is 0.222 e. The van der Waals surface area contributed by atoms with Gasteiger partial charge in [-0.15, -0.1) is 0 Å². The van der Waals surface area contributed by atoms with Crippen molar-refractivity contribution < 1.29 is 4.79 Å². The van der Waals surface area contributed by atoms with Gasteiger partial charge < -0.3 is 5.32 Å². The number of nitrogens with zero attached hydrogens (tertiary/aromatic N) is 1. The first-order chi connectivity index (χ1) is 9.04. The monoisotopic (exact) mass is 318 g/mol. The van der Waals surface area contributed by atoms with Gasteiger partial charge in [-0.25, -0.2) is 4.99 Å². The molecule has 0 unspecified atom stereocenters. The van der Waals surface area contributed by atoms with Crippen molar-refractivity contribution in [2.45, 2.75) is 26.7 Å². The molecule has 6 heteroatoms. The zero-order chi connectivity index (χ0) is 14.3. The van der Waals surface area contributed by atoms with Gasteiger partial charge in [0.2, 0.25) is 5.91 Å². The topological polar surface area (TPSA) is 41.5 Å². The van der Waals surface area contributed by atoms with Gasteiger partial charge in [0.25, 0.3) is 0 Å². The maximum atomic E-state index is 11.2. The van der Waals surface area contributed by atoms with Crippen LogP contribution in [-0.2, 0) is 4.79 Å². The van der Waals surface area contributed by atoms with Gasteiger partial charge in [0, 0.05) is 12.7 Å². The van der Waals surface area contributed by atoms with Crippen LogP contribution in [0.4, 0.5) is 5.69 Å². The minimum Gasteiger partial charge on any atom is -0.305 e. The highest BCUT2D eigenvalue weighted by molar-refractivity contribution is 8.13. The summed E-state index contributed by atoms with van der Waals surface area (Å²) in [6.45, 7) is 3.56. The zero-order valence-electron chi connectivity index (χ0n) is 10.9. The Morgan fingerprint density at radius 3 is 2.53 bits per heavy atom. The van der Waals surface area contributed by atoms with Crippen LogP contribution in [0.25, 0.3) is 0 Å². The first-order valence-electron chi connectivity index (χ1n) is 5.97. The highest BCUT2D eigenvalue weighted by atomic mass is 35.5. The van der Waals surface area contributed by atoms with E-state index < -0.39 is 0 Å². The number of rotatable bonds is 4. The van der Waals surface area contributed by atoms with Crippen molar-refractivity contribution in [3.05, 3.63) is 28.2 Å². The Balaban J connectivity index is 2.94. The fourth-order valence-corrected chi connectivity index (χ4v) is 2.74. The molecule has 0 radical (unpaired) electrons. The summed E-state index contributed by atoms with van der Waals surface area (Å²) in [6.07, 6.45) is 2.15. The van der Waals surface area contributed by atoms with Crippen LogP contribution in [0.3, 0.4) is 0 Å². The minimum absolute atomic E-state index is 0.161. The van der Waals surface area contributed by atoms with Crippen LogP contribution < -0.4 is 5.32 Å². The number of hydrogen-bond acceptors (Lipinski definition) is 3. The highest BCUT2D eigenvalue weighted by Crippen LogP contribution is 2.33. The van der Waals surface area contributed by atoms with Gasteiger partial charge in [-0.05, 0) is 18.6 Å². The lowest BCUT2D eigenvalue weighted by molar-refractivity contribution is -0.117. The van der Waals surface area contributed by atoms with E-state index in [1.165, 1.54) is 18.7 Å². The molecule has 0 saturated carbocycles. The summed E-state index contributed by atoms with van der Waals surface area (Å²) in [5, 5.41) is 4.15. The van der Waals surface area contributed by atoms with Gasteiger partial charge in [0.05, 0.1) is 10.0 Å². The van der Waals surface area contributed by atoms with E-state index in [1.807, 2.05) is 0 Å². The second kappa shape index (κ2) is 8.46. The lowest BCUT2D eigenvalue weighted by Crippen LogP contribution is -2.25. The van der Waals surface area contributed by atoms with Gasteiger partial charge in [-0.3, -0.25) is 4.79 Å². The van der Waals surface area contributed by atoms with Crippen LogP contribution in [0.2, 0.25) is 10.0 Å². The number of thioether (sulfide) groups is 1. The molecule has 104 valence electrons. The minimum atomic E-state index is -0.161. The number of unbranched alkanes of at least 4 members (excludes halogenated alkanes) is 1. The first-order valence-corrected chi connectivity index (χ1v) is 7.71. The fourth-order valence-electron chi connectivity index (χ4n) is 1.26. The zero-order valence-corrected chi connectivity index (χ0v) is 13.2. The van der Waals surface area contributed by atoms with E-state index in [2.05, 4.69) is 17.2 Å². The van der Waals surface area contributed by atoms with Crippen molar-refractivity contribution in [2.24, 2.45) is 4.99 Å². The van der Waals surface area contributed by atoms with E-state index >= 15 is 0 Å². The SMILES string of the molecule is CCCCSC(=Nc1c(Cl)cccc1Cl)NC(C)=O. The van der Waals surface area contributed by atoms with Crippen molar-refractivity contribution in [1.29, 1.82) is 0 Å². The summed E-state index contributed by atoms with van der Waals surface area (Å²) < 4.78 is 0. The summed E-state index contributed by atoms with van der Waals surface area (Å²) in [6, 6.07) is 5.19. The van der Waals surface area contributed by atoms with Crippen molar-refractivity contribution in [2.75, 3.05) is 5.75 Å². The average molecular weight is 319 g/mol. The molecule has 0 spiro atoms. The summed E-state index contributed by atoms with van der Waals surface area (Å²) >= 11 is 13.6. The van der Waals surface area contributed by atoms with E-state index in [0.717, 1.165) is 18.6 Å². The number of amides is 1. The quantitative estimate of drug-likeness (QED) is 0.498. The van der Waals surface area contributed by atoms with E-state index in [-0.39, 0.29) is 5.91 Å². The van der Waals surface area contributed by atoms with Gasteiger partial charge in [-0.2, -0.15) is 0 Å². The fraction of sp³-hybridized carbons (Fsp3) is 0.385. The molecule has 3 nitrogen and oxygen atoms in total. The number of aliphatic imine (C=N–C) groups is 1. The first kappa shape index (κ1) is 16.3. The Morgan fingerprint density at radius 1 is 1.37 bits per heavy atom. The second-order valence-electron chi connectivity index (χ2n) is 3.87. The number of benzene rings is 1. The smallest absolute Gasteiger partial charge is 0.222 e. The van der Waals surface area contributed by atoms with E-state index in [0.29, 0.717) is 20.9 Å². The molecule has 1 aromatic carbocycles. The molecule has 0 saturated heterocycles. The standard InChI is InChI=1S/C13H16Cl2N2OS/c1-3-4-8-19-13(16-9(2)18)17-12-10(14)6-5-7-11(12)15/h5-7H,3-4,8H2,1-2H3,(H,16,17,18). The normalized spacial score (nSPS) is 11.5. The van der Waals surface area contributed by atoms with Gasteiger partial charge in [0.1, 0.15) is 5.69 Å². The predicted molar refractivity (Wildman–Crippen MR) is 84.7 cm³/mol. The largest absolute Gasteiger partial charge is 0.305 e. The molecule has 0 aliphatic rings. The number of nitrogens with one attached hydrogen (secondary N) is 1. The molecular weight excluding hydrogens is 303 g/mol. The molecule has 0 aromatic heterocycles. The number of hydrogen-bond donors (Lipinski definition) is 1. The number of carbonyl (C=O) groups is 1. The van der Waals surface area contributed by atoms with Crippen LogP contribution in [0.5, 0.6) is 0 Å². The molecule has 1 rings (SSSR count). The van der Waals surface area contributed by atoms with E-state index in [4.69, 9.17) is 23.2 Å². The molecule has 19 heavy (non-hydrogen) atoms. The predicted octanol–water partition coefficient (Wildman–Crippen LogP) is 4.65.